The molecule has 1 aliphatic rings. The summed E-state index contributed by atoms with van der Waals surface area (Å²) in [6, 6.07) is 0. The van der Waals surface area contributed by atoms with Crippen molar-refractivity contribution in [2.45, 2.75) is 25.7 Å². The van der Waals surface area contributed by atoms with Crippen LogP contribution in [0, 0.1) is 5.92 Å². The van der Waals surface area contributed by atoms with Crippen LogP contribution >= 0.6 is 0 Å². The van der Waals surface area contributed by atoms with Crippen LogP contribution in [0.2, 0.25) is 0 Å². The zero-order valence-electron chi connectivity index (χ0n) is 9.75. The Labute approximate surface area is 95.9 Å². The molecule has 1 fully saturated rings. The molecule has 0 atom stereocenters. The molecule has 0 aromatic rings. The Bertz CT molecular complexity index is 237. The zero-order valence-corrected chi connectivity index (χ0v) is 9.75. The van der Waals surface area contributed by atoms with Crippen molar-refractivity contribution in [1.29, 1.82) is 0 Å². The predicted octanol–water partition coefficient (Wildman–Crippen LogP) is 0.0554. The van der Waals surface area contributed by atoms with E-state index in [4.69, 9.17) is 0 Å². The van der Waals surface area contributed by atoms with Gasteiger partial charge in [0.25, 0.3) is 0 Å². The van der Waals surface area contributed by atoms with Crippen molar-refractivity contribution >= 4 is 11.9 Å². The van der Waals surface area contributed by atoms with Gasteiger partial charge in [-0.2, -0.15) is 0 Å². The number of piperidine rings is 1. The summed E-state index contributed by atoms with van der Waals surface area (Å²) in [4.78, 5) is 22.5. The standard InChI is InChI=1S/C11H20N2O3/c1-16-10(14)3-2-6-13-11(15)9-4-7-12-8-5-9/h9,12H,2-8H2,1H3,(H,13,15). The number of hydrogen-bond donors (Lipinski definition) is 2. The van der Waals surface area contributed by atoms with E-state index in [1.807, 2.05) is 0 Å². The lowest BCUT2D eigenvalue weighted by Crippen LogP contribution is -2.38. The Kier molecular flexibility index (Phi) is 5.85. The fourth-order valence-electron chi connectivity index (χ4n) is 1.77. The van der Waals surface area contributed by atoms with Crippen LogP contribution in [-0.2, 0) is 14.3 Å². The van der Waals surface area contributed by atoms with E-state index in [-0.39, 0.29) is 17.8 Å². The van der Waals surface area contributed by atoms with E-state index < -0.39 is 0 Å². The number of carbonyl (C=O) groups excluding carboxylic acids is 2. The maximum Gasteiger partial charge on any atom is 0.305 e. The fourth-order valence-corrected chi connectivity index (χ4v) is 1.77. The van der Waals surface area contributed by atoms with Gasteiger partial charge in [0, 0.05) is 18.9 Å². The molecule has 92 valence electrons. The Morgan fingerprint density at radius 1 is 1.38 bits per heavy atom. The third kappa shape index (κ3) is 4.61. The lowest BCUT2D eigenvalue weighted by Gasteiger charge is -2.21. The average Bonchev–Trinajstić information content (AvgIpc) is 2.35. The second-order valence-electron chi connectivity index (χ2n) is 3.99. The highest BCUT2D eigenvalue weighted by molar-refractivity contribution is 5.78. The largest absolute Gasteiger partial charge is 0.469 e. The summed E-state index contributed by atoms with van der Waals surface area (Å²) in [6.07, 6.45) is 2.82. The molecule has 1 heterocycles. The van der Waals surface area contributed by atoms with Crippen LogP contribution in [0.15, 0.2) is 0 Å². The molecule has 1 amide bonds. The summed E-state index contributed by atoms with van der Waals surface area (Å²) in [5.41, 5.74) is 0. The number of methoxy groups -OCH3 is 1. The van der Waals surface area contributed by atoms with Crippen LogP contribution < -0.4 is 10.6 Å². The normalized spacial score (nSPS) is 16.8. The van der Waals surface area contributed by atoms with Crippen molar-refractivity contribution < 1.29 is 14.3 Å². The molecule has 2 N–H and O–H groups in total. The molecule has 1 rings (SSSR count). The fraction of sp³-hybridized carbons (Fsp3) is 0.818. The topological polar surface area (TPSA) is 67.4 Å². The first-order chi connectivity index (χ1) is 7.74. The number of amides is 1. The van der Waals surface area contributed by atoms with Gasteiger partial charge in [0.1, 0.15) is 0 Å². The van der Waals surface area contributed by atoms with Gasteiger partial charge in [-0.3, -0.25) is 9.59 Å². The molecule has 0 unspecified atom stereocenters. The van der Waals surface area contributed by atoms with Gasteiger partial charge in [-0.05, 0) is 32.4 Å². The molecule has 1 saturated heterocycles. The van der Waals surface area contributed by atoms with Crippen molar-refractivity contribution in [2.75, 3.05) is 26.7 Å². The predicted molar refractivity (Wildman–Crippen MR) is 59.9 cm³/mol. The molecule has 5 nitrogen and oxygen atoms in total. The third-order valence-corrected chi connectivity index (χ3v) is 2.79. The van der Waals surface area contributed by atoms with Crippen LogP contribution in [0.5, 0.6) is 0 Å². The molecule has 0 saturated carbocycles. The molecule has 1 aliphatic heterocycles. The number of hydrogen-bond acceptors (Lipinski definition) is 4. The summed E-state index contributed by atoms with van der Waals surface area (Å²) in [7, 11) is 1.37. The first kappa shape index (κ1) is 13.0. The van der Waals surface area contributed by atoms with Crippen molar-refractivity contribution in [3.63, 3.8) is 0 Å². The van der Waals surface area contributed by atoms with Crippen LogP contribution in [0.1, 0.15) is 25.7 Å². The summed E-state index contributed by atoms with van der Waals surface area (Å²) in [5.74, 6) is 0.0295. The minimum atomic E-state index is -0.226. The van der Waals surface area contributed by atoms with Crippen molar-refractivity contribution in [3.8, 4) is 0 Å². The van der Waals surface area contributed by atoms with Crippen molar-refractivity contribution in [1.82, 2.24) is 10.6 Å². The zero-order chi connectivity index (χ0) is 11.8. The molecule has 0 aromatic carbocycles. The Morgan fingerprint density at radius 3 is 2.69 bits per heavy atom. The maximum absolute atomic E-state index is 11.7. The highest BCUT2D eigenvalue weighted by Crippen LogP contribution is 2.11. The van der Waals surface area contributed by atoms with E-state index in [2.05, 4.69) is 15.4 Å². The Morgan fingerprint density at radius 2 is 2.06 bits per heavy atom. The number of esters is 1. The lowest BCUT2D eigenvalue weighted by atomic mass is 9.97. The Hall–Kier alpha value is -1.10. The van der Waals surface area contributed by atoms with Gasteiger partial charge in [-0.1, -0.05) is 0 Å². The lowest BCUT2D eigenvalue weighted by molar-refractivity contribution is -0.140. The molecule has 0 spiro atoms. The van der Waals surface area contributed by atoms with Gasteiger partial charge in [0.2, 0.25) is 5.91 Å². The van der Waals surface area contributed by atoms with Crippen LogP contribution in [0.4, 0.5) is 0 Å². The molecular formula is C11H20N2O3. The highest BCUT2D eigenvalue weighted by Gasteiger charge is 2.20. The van der Waals surface area contributed by atoms with Gasteiger partial charge < -0.3 is 15.4 Å². The maximum atomic E-state index is 11.7. The quantitative estimate of drug-likeness (QED) is 0.515. The first-order valence-corrected chi connectivity index (χ1v) is 5.79. The van der Waals surface area contributed by atoms with E-state index in [1.54, 1.807) is 0 Å². The molecule has 0 radical (unpaired) electrons. The SMILES string of the molecule is COC(=O)CCCNC(=O)C1CCNCC1. The first-order valence-electron chi connectivity index (χ1n) is 5.79. The smallest absolute Gasteiger partial charge is 0.305 e. The second kappa shape index (κ2) is 7.22. The molecule has 0 aromatic heterocycles. The van der Waals surface area contributed by atoms with Gasteiger partial charge in [0.05, 0.1) is 7.11 Å². The summed E-state index contributed by atoms with van der Waals surface area (Å²) in [6.45, 7) is 2.39. The van der Waals surface area contributed by atoms with E-state index in [0.29, 0.717) is 19.4 Å². The van der Waals surface area contributed by atoms with Crippen molar-refractivity contribution in [2.24, 2.45) is 5.92 Å². The van der Waals surface area contributed by atoms with E-state index in [1.165, 1.54) is 7.11 Å². The van der Waals surface area contributed by atoms with Gasteiger partial charge in [-0.25, -0.2) is 0 Å². The number of ether oxygens (including phenoxy) is 1. The molecular weight excluding hydrogens is 208 g/mol. The summed E-state index contributed by atoms with van der Waals surface area (Å²) < 4.78 is 4.51. The van der Waals surface area contributed by atoms with Gasteiger partial charge in [-0.15, -0.1) is 0 Å². The van der Waals surface area contributed by atoms with Crippen LogP contribution in [-0.4, -0.2) is 38.6 Å². The van der Waals surface area contributed by atoms with Crippen LogP contribution in [0.25, 0.3) is 0 Å². The number of rotatable bonds is 5. The molecule has 0 aliphatic carbocycles. The van der Waals surface area contributed by atoms with Crippen molar-refractivity contribution in [3.05, 3.63) is 0 Å². The average molecular weight is 228 g/mol. The molecule has 5 heteroatoms. The van der Waals surface area contributed by atoms with E-state index in [0.717, 1.165) is 25.9 Å². The van der Waals surface area contributed by atoms with E-state index in [9.17, 15) is 9.59 Å². The minimum absolute atomic E-state index is 0.117. The van der Waals surface area contributed by atoms with Gasteiger partial charge >= 0.3 is 5.97 Å². The Balaban J connectivity index is 2.07. The minimum Gasteiger partial charge on any atom is -0.469 e. The number of nitrogens with one attached hydrogen (secondary N) is 2. The monoisotopic (exact) mass is 228 g/mol. The summed E-state index contributed by atoms with van der Waals surface area (Å²) in [5, 5.41) is 6.08. The third-order valence-electron chi connectivity index (χ3n) is 2.79. The molecule has 0 bridgehead atoms. The molecule has 16 heavy (non-hydrogen) atoms. The van der Waals surface area contributed by atoms with E-state index >= 15 is 0 Å². The summed E-state index contributed by atoms with van der Waals surface area (Å²) >= 11 is 0. The van der Waals surface area contributed by atoms with Crippen LogP contribution in [0.3, 0.4) is 0 Å². The van der Waals surface area contributed by atoms with Gasteiger partial charge in [0.15, 0.2) is 0 Å². The second-order valence-corrected chi connectivity index (χ2v) is 3.99. The number of carbonyl (C=O) groups is 2. The highest BCUT2D eigenvalue weighted by atomic mass is 16.5.